The van der Waals surface area contributed by atoms with E-state index in [0.29, 0.717) is 28.9 Å². The minimum absolute atomic E-state index is 0.349. The Balaban J connectivity index is 2.47. The quantitative estimate of drug-likeness (QED) is 0.762. The average molecular weight is 231 g/mol. The van der Waals surface area contributed by atoms with Gasteiger partial charge in [0.1, 0.15) is 11.6 Å². The Morgan fingerprint density at radius 2 is 2.12 bits per heavy atom. The van der Waals surface area contributed by atoms with E-state index in [0.717, 1.165) is 0 Å². The molecular formula is C13H10FNO2. The third kappa shape index (κ3) is 2.30. The highest BCUT2D eigenvalue weighted by Gasteiger charge is 2.07. The zero-order chi connectivity index (χ0) is 12.3. The molecule has 0 radical (unpaired) electrons. The highest BCUT2D eigenvalue weighted by Crippen LogP contribution is 2.25. The van der Waals surface area contributed by atoms with Crippen molar-refractivity contribution in [1.29, 1.82) is 0 Å². The molecule has 0 saturated carbocycles. The number of rotatable bonds is 3. The maximum Gasteiger partial charge on any atom is 0.151 e. The third-order valence-electron chi connectivity index (χ3n) is 2.37. The van der Waals surface area contributed by atoms with Gasteiger partial charge >= 0.3 is 0 Å². The van der Waals surface area contributed by atoms with Gasteiger partial charge in [0.2, 0.25) is 0 Å². The lowest BCUT2D eigenvalue weighted by Gasteiger charge is -2.05. The molecule has 0 unspecified atom stereocenters. The molecule has 86 valence electrons. The van der Waals surface area contributed by atoms with Crippen molar-refractivity contribution in [2.45, 2.75) is 0 Å². The summed E-state index contributed by atoms with van der Waals surface area (Å²) >= 11 is 0. The van der Waals surface area contributed by atoms with Gasteiger partial charge in [-0.25, -0.2) is 4.39 Å². The van der Waals surface area contributed by atoms with Crippen LogP contribution in [0.1, 0.15) is 10.4 Å². The van der Waals surface area contributed by atoms with Gasteiger partial charge in [-0.15, -0.1) is 0 Å². The Morgan fingerprint density at radius 1 is 1.29 bits per heavy atom. The van der Waals surface area contributed by atoms with E-state index in [1.165, 1.54) is 19.4 Å². The van der Waals surface area contributed by atoms with Crippen molar-refractivity contribution in [2.24, 2.45) is 0 Å². The molecule has 0 spiro atoms. The number of pyridine rings is 1. The number of methoxy groups -OCH3 is 1. The predicted octanol–water partition coefficient (Wildman–Crippen LogP) is 2.71. The molecule has 0 aliphatic carbocycles. The summed E-state index contributed by atoms with van der Waals surface area (Å²) in [5.41, 5.74) is 1.27. The number of halogens is 1. The van der Waals surface area contributed by atoms with Crippen LogP contribution in [0, 0.1) is 5.82 Å². The van der Waals surface area contributed by atoms with E-state index >= 15 is 0 Å². The number of hydrogen-bond acceptors (Lipinski definition) is 3. The maximum atomic E-state index is 13.6. The number of aldehydes is 1. The van der Waals surface area contributed by atoms with Crippen molar-refractivity contribution in [3.63, 3.8) is 0 Å². The number of carbonyl (C=O) groups is 1. The smallest absolute Gasteiger partial charge is 0.151 e. The number of ether oxygens (including phenoxy) is 1. The van der Waals surface area contributed by atoms with E-state index < -0.39 is 0 Å². The molecule has 0 atom stereocenters. The molecule has 17 heavy (non-hydrogen) atoms. The first kappa shape index (κ1) is 11.3. The fraction of sp³-hybridized carbons (Fsp3) is 0.0769. The first-order valence-electron chi connectivity index (χ1n) is 4.99. The predicted molar refractivity (Wildman–Crippen MR) is 61.6 cm³/mol. The van der Waals surface area contributed by atoms with Crippen molar-refractivity contribution in [2.75, 3.05) is 7.11 Å². The van der Waals surface area contributed by atoms with Crippen LogP contribution in [0.25, 0.3) is 11.3 Å². The molecule has 1 heterocycles. The van der Waals surface area contributed by atoms with Crippen LogP contribution in [0.15, 0.2) is 36.5 Å². The van der Waals surface area contributed by atoms with Crippen LogP contribution in [0.2, 0.25) is 0 Å². The van der Waals surface area contributed by atoms with Crippen LogP contribution in [0.3, 0.4) is 0 Å². The fourth-order valence-corrected chi connectivity index (χ4v) is 1.46. The first-order chi connectivity index (χ1) is 8.24. The normalized spacial score (nSPS) is 10.0. The minimum atomic E-state index is -0.378. The van der Waals surface area contributed by atoms with Gasteiger partial charge in [-0.05, 0) is 30.3 Å². The summed E-state index contributed by atoms with van der Waals surface area (Å²) in [7, 11) is 1.51. The summed E-state index contributed by atoms with van der Waals surface area (Å²) in [6.45, 7) is 0. The molecule has 1 aromatic heterocycles. The highest BCUT2D eigenvalue weighted by atomic mass is 19.1. The van der Waals surface area contributed by atoms with E-state index in [4.69, 9.17) is 4.74 Å². The number of aromatic nitrogens is 1. The average Bonchev–Trinajstić information content (AvgIpc) is 2.39. The largest absolute Gasteiger partial charge is 0.497 e. The Labute approximate surface area is 97.9 Å². The standard InChI is InChI=1S/C13H10FNO2/c1-17-10-3-4-12(14)11(6-10)13-5-2-9(8-16)7-15-13/h2-8H,1H3. The van der Waals surface area contributed by atoms with Gasteiger partial charge < -0.3 is 4.74 Å². The van der Waals surface area contributed by atoms with Gasteiger partial charge in [0.15, 0.2) is 6.29 Å². The Morgan fingerprint density at radius 3 is 2.71 bits per heavy atom. The van der Waals surface area contributed by atoms with Gasteiger partial charge in [0.05, 0.1) is 12.8 Å². The second kappa shape index (κ2) is 4.74. The molecule has 0 amide bonds. The lowest BCUT2D eigenvalue weighted by Crippen LogP contribution is -1.91. The lowest BCUT2D eigenvalue weighted by atomic mass is 10.1. The molecule has 2 rings (SSSR count). The Hall–Kier alpha value is -2.23. The van der Waals surface area contributed by atoms with Crippen LogP contribution in [-0.4, -0.2) is 18.4 Å². The fourth-order valence-electron chi connectivity index (χ4n) is 1.46. The SMILES string of the molecule is COc1ccc(F)c(-c2ccc(C=O)cn2)c1. The van der Waals surface area contributed by atoms with Crippen molar-refractivity contribution in [3.8, 4) is 17.0 Å². The highest BCUT2D eigenvalue weighted by molar-refractivity contribution is 5.75. The topological polar surface area (TPSA) is 39.2 Å². The molecule has 4 heteroatoms. The number of hydrogen-bond donors (Lipinski definition) is 0. The molecule has 0 aliphatic rings. The van der Waals surface area contributed by atoms with Crippen LogP contribution in [-0.2, 0) is 0 Å². The molecule has 0 saturated heterocycles. The van der Waals surface area contributed by atoms with E-state index in [1.807, 2.05) is 0 Å². The first-order valence-corrected chi connectivity index (χ1v) is 4.99. The molecular weight excluding hydrogens is 221 g/mol. The summed E-state index contributed by atoms with van der Waals surface area (Å²) in [6.07, 6.45) is 2.10. The van der Waals surface area contributed by atoms with Crippen LogP contribution < -0.4 is 4.74 Å². The third-order valence-corrected chi connectivity index (χ3v) is 2.37. The molecule has 0 fully saturated rings. The van der Waals surface area contributed by atoms with Crippen LogP contribution in [0.4, 0.5) is 4.39 Å². The van der Waals surface area contributed by atoms with Gasteiger partial charge in [0, 0.05) is 17.3 Å². The Kier molecular flexibility index (Phi) is 3.14. The summed E-state index contributed by atoms with van der Waals surface area (Å²) in [4.78, 5) is 14.5. The van der Waals surface area contributed by atoms with Crippen molar-refractivity contribution >= 4 is 6.29 Å². The van der Waals surface area contributed by atoms with Gasteiger partial charge in [-0.2, -0.15) is 0 Å². The monoisotopic (exact) mass is 231 g/mol. The zero-order valence-electron chi connectivity index (χ0n) is 9.18. The Bertz CT molecular complexity index is 538. The van der Waals surface area contributed by atoms with E-state index in [9.17, 15) is 9.18 Å². The molecule has 2 aromatic rings. The second-order valence-electron chi connectivity index (χ2n) is 3.44. The van der Waals surface area contributed by atoms with Crippen LogP contribution >= 0.6 is 0 Å². The number of nitrogens with zero attached hydrogens (tertiary/aromatic N) is 1. The van der Waals surface area contributed by atoms with E-state index in [2.05, 4.69) is 4.98 Å². The second-order valence-corrected chi connectivity index (χ2v) is 3.44. The number of carbonyl (C=O) groups excluding carboxylic acids is 1. The molecule has 1 aromatic carbocycles. The summed E-state index contributed by atoms with van der Waals surface area (Å²) < 4.78 is 18.6. The van der Waals surface area contributed by atoms with E-state index in [-0.39, 0.29) is 5.82 Å². The maximum absolute atomic E-state index is 13.6. The summed E-state index contributed by atoms with van der Waals surface area (Å²) in [5.74, 6) is 0.180. The summed E-state index contributed by atoms with van der Waals surface area (Å²) in [6, 6.07) is 7.62. The van der Waals surface area contributed by atoms with Gasteiger partial charge in [-0.1, -0.05) is 0 Å². The summed E-state index contributed by atoms with van der Waals surface area (Å²) in [5, 5.41) is 0. The molecule has 0 N–H and O–H groups in total. The van der Waals surface area contributed by atoms with Gasteiger partial charge in [0.25, 0.3) is 0 Å². The van der Waals surface area contributed by atoms with E-state index in [1.54, 1.807) is 24.3 Å². The lowest BCUT2D eigenvalue weighted by molar-refractivity contribution is 0.112. The molecule has 0 bridgehead atoms. The van der Waals surface area contributed by atoms with Crippen molar-refractivity contribution < 1.29 is 13.9 Å². The minimum Gasteiger partial charge on any atom is -0.497 e. The van der Waals surface area contributed by atoms with Gasteiger partial charge in [-0.3, -0.25) is 9.78 Å². The molecule has 3 nitrogen and oxygen atoms in total. The molecule has 0 aliphatic heterocycles. The van der Waals surface area contributed by atoms with Crippen molar-refractivity contribution in [1.82, 2.24) is 4.98 Å². The zero-order valence-corrected chi connectivity index (χ0v) is 9.18. The van der Waals surface area contributed by atoms with Crippen LogP contribution in [0.5, 0.6) is 5.75 Å². The number of benzene rings is 1. The van der Waals surface area contributed by atoms with Crippen molar-refractivity contribution in [3.05, 3.63) is 47.9 Å².